The Morgan fingerprint density at radius 2 is 2.06 bits per heavy atom. The minimum atomic E-state index is -0.151. The summed E-state index contributed by atoms with van der Waals surface area (Å²) in [5, 5.41) is 0. The fourth-order valence-corrected chi connectivity index (χ4v) is 2.14. The van der Waals surface area contributed by atoms with E-state index in [4.69, 9.17) is 9.15 Å². The number of thioether (sulfide) groups is 1. The lowest BCUT2D eigenvalue weighted by Gasteiger charge is -2.02. The van der Waals surface area contributed by atoms with Crippen molar-refractivity contribution in [3.8, 4) is 5.75 Å². The molecule has 0 unspecified atom stereocenters. The van der Waals surface area contributed by atoms with Crippen LogP contribution in [0.4, 0.5) is 0 Å². The van der Waals surface area contributed by atoms with Gasteiger partial charge in [-0.25, -0.2) is 0 Å². The highest BCUT2D eigenvalue weighted by atomic mass is 32.2. The zero-order chi connectivity index (χ0) is 12.1. The van der Waals surface area contributed by atoms with Crippen LogP contribution in [-0.2, 0) is 5.75 Å². The molecule has 88 valence electrons. The maximum absolute atomic E-state index is 11.5. The second-order valence-corrected chi connectivity index (χ2v) is 4.43. The third-order valence-corrected chi connectivity index (χ3v) is 3.23. The van der Waals surface area contributed by atoms with E-state index < -0.39 is 0 Å². The summed E-state index contributed by atoms with van der Waals surface area (Å²) in [7, 11) is 1.45. The number of methoxy groups -OCH3 is 1. The van der Waals surface area contributed by atoms with Crippen LogP contribution in [0.25, 0.3) is 0 Å². The van der Waals surface area contributed by atoms with E-state index in [0.29, 0.717) is 11.5 Å². The maximum atomic E-state index is 11.5. The Labute approximate surface area is 103 Å². The smallest absolute Gasteiger partial charge is 0.227 e. The van der Waals surface area contributed by atoms with Crippen molar-refractivity contribution in [3.63, 3.8) is 0 Å². The summed E-state index contributed by atoms with van der Waals surface area (Å²) in [5.74, 6) is 1.51. The quantitative estimate of drug-likeness (QED) is 0.780. The normalized spacial score (nSPS) is 10.2. The molecule has 0 atom stereocenters. The molecular weight excluding hydrogens is 236 g/mol. The molecule has 0 amide bonds. The second kappa shape index (κ2) is 5.59. The molecule has 1 aromatic heterocycles. The van der Waals surface area contributed by atoms with Crippen molar-refractivity contribution in [2.45, 2.75) is 10.6 Å². The van der Waals surface area contributed by atoms with Crippen LogP contribution in [-0.4, -0.2) is 7.11 Å². The molecule has 4 heteroatoms. The van der Waals surface area contributed by atoms with Crippen molar-refractivity contribution in [2.75, 3.05) is 7.11 Å². The van der Waals surface area contributed by atoms with Crippen LogP contribution < -0.4 is 10.2 Å². The van der Waals surface area contributed by atoms with Crippen molar-refractivity contribution >= 4 is 11.8 Å². The van der Waals surface area contributed by atoms with Gasteiger partial charge in [0.1, 0.15) is 12.0 Å². The zero-order valence-electron chi connectivity index (χ0n) is 9.38. The average Bonchev–Trinajstić information content (AvgIpc) is 2.38. The van der Waals surface area contributed by atoms with Gasteiger partial charge in [0.2, 0.25) is 11.2 Å². The largest absolute Gasteiger partial charge is 0.490 e. The Balaban J connectivity index is 2.05. The highest BCUT2D eigenvalue weighted by Gasteiger charge is 2.03. The molecule has 0 aliphatic carbocycles. The predicted molar refractivity (Wildman–Crippen MR) is 67.5 cm³/mol. The summed E-state index contributed by atoms with van der Waals surface area (Å²) in [6, 6.07) is 11.4. The Morgan fingerprint density at radius 3 is 2.71 bits per heavy atom. The molecule has 0 saturated carbocycles. The summed E-state index contributed by atoms with van der Waals surface area (Å²) in [5.41, 5.74) is -0.151. The Kier molecular flexibility index (Phi) is 3.88. The van der Waals surface area contributed by atoms with Crippen molar-refractivity contribution in [2.24, 2.45) is 0 Å². The summed E-state index contributed by atoms with van der Waals surface area (Å²) < 4.78 is 10.2. The molecule has 2 aromatic rings. The summed E-state index contributed by atoms with van der Waals surface area (Å²) in [4.78, 5) is 12.6. The molecule has 2 rings (SSSR count). The van der Waals surface area contributed by atoms with Gasteiger partial charge >= 0.3 is 0 Å². The molecule has 0 radical (unpaired) electrons. The first-order valence-electron chi connectivity index (χ1n) is 5.13. The van der Waals surface area contributed by atoms with Crippen LogP contribution in [0.15, 0.2) is 56.8 Å². The van der Waals surface area contributed by atoms with Crippen molar-refractivity contribution < 1.29 is 9.15 Å². The molecule has 0 aliphatic heterocycles. The lowest BCUT2D eigenvalue weighted by molar-refractivity contribution is 0.381. The third-order valence-electron chi connectivity index (χ3n) is 2.20. The van der Waals surface area contributed by atoms with Gasteiger partial charge in [0.05, 0.1) is 12.9 Å². The molecule has 1 heterocycles. The van der Waals surface area contributed by atoms with Gasteiger partial charge in [-0.05, 0) is 12.1 Å². The van der Waals surface area contributed by atoms with E-state index in [1.54, 1.807) is 11.8 Å². The van der Waals surface area contributed by atoms with Crippen LogP contribution in [0.5, 0.6) is 5.75 Å². The SMILES string of the molecule is COc1coc(CSc2ccccc2)cc1=O. The minimum absolute atomic E-state index is 0.151. The highest BCUT2D eigenvalue weighted by molar-refractivity contribution is 7.98. The fraction of sp³-hybridized carbons (Fsp3) is 0.154. The molecule has 0 spiro atoms. The van der Waals surface area contributed by atoms with E-state index in [2.05, 4.69) is 0 Å². The van der Waals surface area contributed by atoms with E-state index in [-0.39, 0.29) is 11.2 Å². The summed E-state index contributed by atoms with van der Waals surface area (Å²) in [6.45, 7) is 0. The molecule has 0 fully saturated rings. The fourth-order valence-electron chi connectivity index (χ4n) is 1.33. The van der Waals surface area contributed by atoms with E-state index in [1.165, 1.54) is 19.4 Å². The van der Waals surface area contributed by atoms with Crippen molar-refractivity contribution in [1.82, 2.24) is 0 Å². The molecule has 0 aliphatic rings. The van der Waals surface area contributed by atoms with Crippen LogP contribution in [0.3, 0.4) is 0 Å². The third kappa shape index (κ3) is 3.14. The first-order chi connectivity index (χ1) is 8.29. The van der Waals surface area contributed by atoms with Crippen molar-refractivity contribution in [1.29, 1.82) is 0 Å². The Hall–Kier alpha value is -1.68. The van der Waals surface area contributed by atoms with Gasteiger partial charge in [-0.3, -0.25) is 4.79 Å². The van der Waals surface area contributed by atoms with Gasteiger partial charge in [-0.15, -0.1) is 11.8 Å². The zero-order valence-corrected chi connectivity index (χ0v) is 10.2. The number of ether oxygens (including phenoxy) is 1. The molecular formula is C13H12O3S. The summed E-state index contributed by atoms with van der Waals surface area (Å²) >= 11 is 1.62. The minimum Gasteiger partial charge on any atom is -0.490 e. The lowest BCUT2D eigenvalue weighted by Crippen LogP contribution is -2.04. The topological polar surface area (TPSA) is 39.4 Å². The lowest BCUT2D eigenvalue weighted by atomic mass is 10.4. The average molecular weight is 248 g/mol. The van der Waals surface area contributed by atoms with Crippen LogP contribution in [0.1, 0.15) is 5.76 Å². The molecule has 0 N–H and O–H groups in total. The highest BCUT2D eigenvalue weighted by Crippen LogP contribution is 2.22. The van der Waals surface area contributed by atoms with Gasteiger partial charge in [0.25, 0.3) is 0 Å². The van der Waals surface area contributed by atoms with Gasteiger partial charge in [-0.1, -0.05) is 18.2 Å². The van der Waals surface area contributed by atoms with Crippen LogP contribution in [0, 0.1) is 0 Å². The molecule has 0 saturated heterocycles. The van der Waals surface area contributed by atoms with Gasteiger partial charge < -0.3 is 9.15 Å². The second-order valence-electron chi connectivity index (χ2n) is 3.38. The number of hydrogen-bond donors (Lipinski definition) is 0. The molecule has 1 aromatic carbocycles. The van der Waals surface area contributed by atoms with E-state index in [1.807, 2.05) is 30.3 Å². The molecule has 0 bridgehead atoms. The van der Waals surface area contributed by atoms with Crippen LogP contribution in [0.2, 0.25) is 0 Å². The number of benzene rings is 1. The number of hydrogen-bond acceptors (Lipinski definition) is 4. The number of rotatable bonds is 4. The first kappa shape index (κ1) is 11.8. The predicted octanol–water partition coefficient (Wildman–Crippen LogP) is 2.94. The monoisotopic (exact) mass is 248 g/mol. The standard InChI is InChI=1S/C13H12O3S/c1-15-13-8-16-10(7-12(13)14)9-17-11-5-3-2-4-6-11/h2-8H,9H2,1H3. The summed E-state index contributed by atoms with van der Waals surface area (Å²) in [6.07, 6.45) is 1.35. The van der Waals surface area contributed by atoms with Gasteiger partial charge in [0.15, 0.2) is 0 Å². The van der Waals surface area contributed by atoms with Gasteiger partial charge in [0, 0.05) is 11.0 Å². The maximum Gasteiger partial charge on any atom is 0.227 e. The Morgan fingerprint density at radius 1 is 1.29 bits per heavy atom. The van der Waals surface area contributed by atoms with E-state index in [9.17, 15) is 4.79 Å². The van der Waals surface area contributed by atoms with E-state index in [0.717, 1.165) is 4.90 Å². The Bertz CT molecular complexity index is 534. The van der Waals surface area contributed by atoms with Crippen molar-refractivity contribution in [3.05, 3.63) is 58.6 Å². The molecule has 17 heavy (non-hydrogen) atoms. The first-order valence-corrected chi connectivity index (χ1v) is 6.11. The van der Waals surface area contributed by atoms with Crippen LogP contribution >= 0.6 is 11.8 Å². The van der Waals surface area contributed by atoms with Gasteiger partial charge in [-0.2, -0.15) is 0 Å². The molecule has 3 nitrogen and oxygen atoms in total. The van der Waals surface area contributed by atoms with E-state index >= 15 is 0 Å².